The van der Waals surface area contributed by atoms with Crippen LogP contribution in [0.15, 0.2) is 63.5 Å². The minimum Gasteiger partial charge on any atom is -0.441 e. The first-order valence-corrected chi connectivity index (χ1v) is 11.0. The molecule has 0 spiro atoms. The lowest BCUT2D eigenvalue weighted by molar-refractivity contribution is -0.132. The van der Waals surface area contributed by atoms with Crippen LogP contribution in [0.5, 0.6) is 0 Å². The Morgan fingerprint density at radius 3 is 2.45 bits per heavy atom. The van der Waals surface area contributed by atoms with Crippen LogP contribution in [0.4, 0.5) is 0 Å². The first-order chi connectivity index (χ1) is 15.0. The number of aryl methyl sites for hydroxylation is 1. The molecule has 158 valence electrons. The van der Waals surface area contributed by atoms with Crippen LogP contribution in [0.1, 0.15) is 23.1 Å². The summed E-state index contributed by atoms with van der Waals surface area (Å²) in [4.78, 5) is 21.4. The highest BCUT2D eigenvalue weighted by atomic mass is 79.9. The van der Waals surface area contributed by atoms with E-state index in [-0.39, 0.29) is 18.4 Å². The fourth-order valence-corrected chi connectivity index (χ4v) is 4.06. The monoisotopic (exact) mass is 478 g/mol. The molecule has 7 heteroatoms. The Morgan fingerprint density at radius 2 is 1.81 bits per heavy atom. The maximum absolute atomic E-state index is 12.9. The van der Waals surface area contributed by atoms with Crippen molar-refractivity contribution in [2.75, 3.05) is 26.2 Å². The van der Waals surface area contributed by atoms with Crippen molar-refractivity contribution in [1.82, 2.24) is 14.8 Å². The number of nitriles is 1. The minimum absolute atomic E-state index is 0.0350. The maximum atomic E-state index is 12.9. The molecule has 1 saturated heterocycles. The SMILES string of the molecule is Cc1oc(-c2ccccc2)nc1CC(=O)N1CCN([C@@H](C#N)c2ccc(Br)cc2)CC1. The van der Waals surface area contributed by atoms with E-state index >= 15 is 0 Å². The molecule has 31 heavy (non-hydrogen) atoms. The molecule has 0 bridgehead atoms. The van der Waals surface area contributed by atoms with Crippen LogP contribution in [0, 0.1) is 18.3 Å². The van der Waals surface area contributed by atoms with Crippen molar-refractivity contribution in [3.63, 3.8) is 0 Å². The highest BCUT2D eigenvalue weighted by molar-refractivity contribution is 9.10. The van der Waals surface area contributed by atoms with E-state index in [4.69, 9.17) is 4.42 Å². The van der Waals surface area contributed by atoms with Gasteiger partial charge < -0.3 is 9.32 Å². The number of hydrogen-bond acceptors (Lipinski definition) is 5. The topological polar surface area (TPSA) is 73.4 Å². The molecule has 2 aromatic carbocycles. The standard InChI is InChI=1S/C24H23BrN4O2/c1-17-21(27-24(31-17)19-5-3-2-4-6-19)15-23(30)29-13-11-28(12-14-29)22(16-26)18-7-9-20(25)10-8-18/h2-10,22H,11-15H2,1H3/t22-/m0/s1. The Hall–Kier alpha value is -2.95. The number of carbonyl (C=O) groups excluding carboxylic acids is 1. The van der Waals surface area contributed by atoms with E-state index in [1.807, 2.05) is 66.4 Å². The molecule has 0 radical (unpaired) electrons. The zero-order valence-corrected chi connectivity index (χ0v) is 18.9. The third-order valence-corrected chi connectivity index (χ3v) is 6.10. The van der Waals surface area contributed by atoms with Crippen molar-refractivity contribution in [2.24, 2.45) is 0 Å². The van der Waals surface area contributed by atoms with E-state index in [1.165, 1.54) is 0 Å². The van der Waals surface area contributed by atoms with Crippen LogP contribution in [-0.2, 0) is 11.2 Å². The van der Waals surface area contributed by atoms with E-state index in [2.05, 4.69) is 31.9 Å². The van der Waals surface area contributed by atoms with Gasteiger partial charge in [-0.2, -0.15) is 5.26 Å². The number of amides is 1. The lowest BCUT2D eigenvalue weighted by Gasteiger charge is -2.37. The van der Waals surface area contributed by atoms with E-state index in [1.54, 1.807) is 0 Å². The van der Waals surface area contributed by atoms with Gasteiger partial charge in [0.1, 0.15) is 11.8 Å². The Morgan fingerprint density at radius 1 is 1.13 bits per heavy atom. The van der Waals surface area contributed by atoms with Crippen molar-refractivity contribution >= 4 is 21.8 Å². The first kappa shape index (κ1) is 21.3. The van der Waals surface area contributed by atoms with Crippen LogP contribution >= 0.6 is 15.9 Å². The average molecular weight is 479 g/mol. The molecular formula is C24H23BrN4O2. The van der Waals surface area contributed by atoms with Gasteiger partial charge in [-0.05, 0) is 36.8 Å². The zero-order chi connectivity index (χ0) is 21.8. The second kappa shape index (κ2) is 9.46. The molecule has 1 atom stereocenters. The van der Waals surface area contributed by atoms with Crippen molar-refractivity contribution in [3.05, 3.63) is 76.1 Å². The predicted octanol–water partition coefficient (Wildman–Crippen LogP) is 4.36. The normalized spacial score (nSPS) is 15.5. The number of nitrogens with zero attached hydrogens (tertiary/aromatic N) is 4. The van der Waals surface area contributed by atoms with Gasteiger partial charge >= 0.3 is 0 Å². The number of hydrogen-bond donors (Lipinski definition) is 0. The van der Waals surface area contributed by atoms with E-state index < -0.39 is 0 Å². The molecule has 1 aromatic heterocycles. The van der Waals surface area contributed by atoms with E-state index in [0.717, 1.165) is 15.6 Å². The molecule has 4 rings (SSSR count). The smallest absolute Gasteiger partial charge is 0.228 e. The van der Waals surface area contributed by atoms with Gasteiger partial charge in [0.15, 0.2) is 0 Å². The maximum Gasteiger partial charge on any atom is 0.228 e. The molecule has 1 amide bonds. The first-order valence-electron chi connectivity index (χ1n) is 10.2. The summed E-state index contributed by atoms with van der Waals surface area (Å²) in [5.41, 5.74) is 2.54. The molecule has 3 aromatic rings. The van der Waals surface area contributed by atoms with Gasteiger partial charge in [0.05, 0.1) is 18.2 Å². The summed E-state index contributed by atoms with van der Waals surface area (Å²) in [5, 5.41) is 9.70. The number of benzene rings is 2. The van der Waals surface area contributed by atoms with Crippen LogP contribution < -0.4 is 0 Å². The van der Waals surface area contributed by atoms with Gasteiger partial charge in [-0.15, -0.1) is 0 Å². The molecule has 0 unspecified atom stereocenters. The number of rotatable bonds is 5. The van der Waals surface area contributed by atoms with Crippen molar-refractivity contribution < 1.29 is 9.21 Å². The molecular weight excluding hydrogens is 456 g/mol. The third-order valence-electron chi connectivity index (χ3n) is 5.57. The fraction of sp³-hybridized carbons (Fsp3) is 0.292. The Kier molecular flexibility index (Phi) is 6.50. The van der Waals surface area contributed by atoms with Crippen LogP contribution in [0.25, 0.3) is 11.5 Å². The molecule has 0 N–H and O–H groups in total. The van der Waals surface area contributed by atoms with Gasteiger partial charge in [-0.3, -0.25) is 9.69 Å². The molecule has 0 aliphatic carbocycles. The third kappa shape index (κ3) is 4.87. The highest BCUT2D eigenvalue weighted by Crippen LogP contribution is 2.25. The van der Waals surface area contributed by atoms with E-state index in [0.29, 0.717) is 43.5 Å². The summed E-state index contributed by atoms with van der Waals surface area (Å²) in [5.74, 6) is 1.25. The van der Waals surface area contributed by atoms with Crippen molar-refractivity contribution in [3.8, 4) is 17.5 Å². The van der Waals surface area contributed by atoms with Gasteiger partial charge in [-0.25, -0.2) is 4.98 Å². The molecule has 1 fully saturated rings. The summed E-state index contributed by atoms with van der Waals surface area (Å²) >= 11 is 3.43. The fourth-order valence-electron chi connectivity index (χ4n) is 3.79. The Bertz CT molecular complexity index is 1080. The van der Waals surface area contributed by atoms with Crippen LogP contribution in [0.2, 0.25) is 0 Å². The quantitative estimate of drug-likeness (QED) is 0.544. The minimum atomic E-state index is -0.309. The summed E-state index contributed by atoms with van der Waals surface area (Å²) < 4.78 is 6.77. The highest BCUT2D eigenvalue weighted by Gasteiger charge is 2.28. The summed E-state index contributed by atoms with van der Waals surface area (Å²) in [6.07, 6.45) is 0.219. The largest absolute Gasteiger partial charge is 0.441 e. The number of piperazine rings is 1. The summed E-state index contributed by atoms with van der Waals surface area (Å²) in [6, 6.07) is 19.6. The van der Waals surface area contributed by atoms with Crippen molar-refractivity contribution in [1.29, 1.82) is 5.26 Å². The molecule has 0 saturated carbocycles. The molecule has 6 nitrogen and oxygen atoms in total. The number of aromatic nitrogens is 1. The average Bonchev–Trinajstić information content (AvgIpc) is 3.17. The van der Waals surface area contributed by atoms with Crippen LogP contribution in [0.3, 0.4) is 0 Å². The lowest BCUT2D eigenvalue weighted by atomic mass is 10.1. The van der Waals surface area contributed by atoms with Gasteiger partial charge in [0.25, 0.3) is 0 Å². The summed E-state index contributed by atoms with van der Waals surface area (Å²) in [6.45, 7) is 4.35. The van der Waals surface area contributed by atoms with Crippen molar-refractivity contribution in [2.45, 2.75) is 19.4 Å². The molecule has 1 aliphatic heterocycles. The number of halogens is 1. The lowest BCUT2D eigenvalue weighted by Crippen LogP contribution is -2.50. The van der Waals surface area contributed by atoms with Gasteiger partial charge in [-0.1, -0.05) is 46.3 Å². The zero-order valence-electron chi connectivity index (χ0n) is 17.3. The number of oxazole rings is 1. The second-order valence-corrected chi connectivity index (χ2v) is 8.48. The predicted molar refractivity (Wildman–Crippen MR) is 121 cm³/mol. The van der Waals surface area contributed by atoms with Crippen LogP contribution in [-0.4, -0.2) is 46.9 Å². The summed E-state index contributed by atoms with van der Waals surface area (Å²) in [7, 11) is 0. The van der Waals surface area contributed by atoms with Gasteiger partial charge in [0, 0.05) is 36.2 Å². The second-order valence-electron chi connectivity index (χ2n) is 7.56. The number of carbonyl (C=O) groups is 1. The Balaban J connectivity index is 1.37. The molecule has 1 aliphatic rings. The van der Waals surface area contributed by atoms with Gasteiger partial charge in [0.2, 0.25) is 11.8 Å². The Labute approximate surface area is 190 Å². The van der Waals surface area contributed by atoms with E-state index in [9.17, 15) is 10.1 Å². The molecule has 2 heterocycles.